The lowest BCUT2D eigenvalue weighted by atomic mass is 10.1. The van der Waals surface area contributed by atoms with Gasteiger partial charge in [0.05, 0.1) is 17.7 Å². The van der Waals surface area contributed by atoms with Gasteiger partial charge >= 0.3 is 0 Å². The molecule has 0 saturated carbocycles. The Morgan fingerprint density at radius 3 is 2.30 bits per heavy atom. The molecule has 0 unspecified atom stereocenters. The number of sulfonamides is 1. The number of hydrogen-bond acceptors (Lipinski definition) is 4. The molecule has 0 aliphatic carbocycles. The third-order valence-electron chi connectivity index (χ3n) is 3.55. The van der Waals surface area contributed by atoms with E-state index in [9.17, 15) is 13.2 Å². The maximum atomic E-state index is 13.2. The van der Waals surface area contributed by atoms with Crippen molar-refractivity contribution in [1.29, 1.82) is 0 Å². The average molecular weight is 411 g/mol. The molecule has 2 aromatic rings. The molecule has 0 fully saturated rings. The molecule has 0 aliphatic heterocycles. The number of nitrogens with one attached hydrogen (secondary N) is 1. The zero-order chi connectivity index (χ0) is 20.2. The molecule has 2 rings (SSSR count). The summed E-state index contributed by atoms with van der Waals surface area (Å²) in [6, 6.07) is 12.4. The van der Waals surface area contributed by atoms with E-state index in [0.29, 0.717) is 16.5 Å². The highest BCUT2D eigenvalue weighted by Crippen LogP contribution is 2.27. The molecule has 0 radical (unpaired) electrons. The first-order chi connectivity index (χ1) is 12.5. The van der Waals surface area contributed by atoms with Crippen molar-refractivity contribution in [3.05, 3.63) is 53.6 Å². The standard InChI is InChI=1S/C19H23ClN2O4S/c1-19(2,3)21-18(23)13-22(15-7-5-6-14(20)12-15)27(24,25)17-10-8-16(26-4)9-11-17/h5-12H,13H2,1-4H3,(H,21,23). The Bertz CT molecular complexity index is 906. The molecule has 0 atom stereocenters. The largest absolute Gasteiger partial charge is 0.497 e. The number of hydrogen-bond donors (Lipinski definition) is 1. The van der Waals surface area contributed by atoms with Gasteiger partial charge in [-0.05, 0) is 63.2 Å². The number of carbonyl (C=O) groups is 1. The van der Waals surface area contributed by atoms with Gasteiger partial charge in [-0.1, -0.05) is 17.7 Å². The smallest absolute Gasteiger partial charge is 0.264 e. The Morgan fingerprint density at radius 2 is 1.78 bits per heavy atom. The van der Waals surface area contributed by atoms with Gasteiger partial charge in [0.1, 0.15) is 12.3 Å². The first-order valence-electron chi connectivity index (χ1n) is 8.26. The van der Waals surface area contributed by atoms with Crippen LogP contribution in [0.1, 0.15) is 20.8 Å². The van der Waals surface area contributed by atoms with Crippen LogP contribution in [0.2, 0.25) is 5.02 Å². The Kier molecular flexibility index (Phi) is 6.38. The summed E-state index contributed by atoms with van der Waals surface area (Å²) in [5.74, 6) is 0.119. The molecule has 0 aromatic heterocycles. The Hall–Kier alpha value is -2.25. The van der Waals surface area contributed by atoms with E-state index in [1.54, 1.807) is 30.3 Å². The van der Waals surface area contributed by atoms with E-state index < -0.39 is 21.5 Å². The Labute approximate surface area is 165 Å². The van der Waals surface area contributed by atoms with Crippen molar-refractivity contribution >= 4 is 33.2 Å². The van der Waals surface area contributed by atoms with Gasteiger partial charge in [-0.15, -0.1) is 0 Å². The van der Waals surface area contributed by atoms with E-state index in [2.05, 4.69) is 5.32 Å². The third kappa shape index (κ3) is 5.61. The number of methoxy groups -OCH3 is 1. The summed E-state index contributed by atoms with van der Waals surface area (Å²) in [5.41, 5.74) is -0.177. The quantitative estimate of drug-likeness (QED) is 0.791. The molecule has 0 bridgehead atoms. The average Bonchev–Trinajstić information content (AvgIpc) is 2.58. The van der Waals surface area contributed by atoms with Crippen LogP contribution in [0.25, 0.3) is 0 Å². The van der Waals surface area contributed by atoms with Gasteiger partial charge in [0, 0.05) is 10.6 Å². The number of rotatable bonds is 6. The number of ether oxygens (including phenoxy) is 1. The van der Waals surface area contributed by atoms with Gasteiger partial charge in [-0.2, -0.15) is 0 Å². The highest BCUT2D eigenvalue weighted by Gasteiger charge is 2.28. The molecule has 146 valence electrons. The molecule has 6 nitrogen and oxygen atoms in total. The lowest BCUT2D eigenvalue weighted by molar-refractivity contribution is -0.121. The van der Waals surface area contributed by atoms with E-state index in [1.807, 2.05) is 20.8 Å². The third-order valence-corrected chi connectivity index (χ3v) is 5.57. The van der Waals surface area contributed by atoms with Crippen LogP contribution in [0.3, 0.4) is 0 Å². The van der Waals surface area contributed by atoms with Gasteiger partial charge in [-0.3, -0.25) is 9.10 Å². The summed E-state index contributed by atoms with van der Waals surface area (Å²) in [6.07, 6.45) is 0. The fourth-order valence-electron chi connectivity index (χ4n) is 2.41. The van der Waals surface area contributed by atoms with E-state index in [4.69, 9.17) is 16.3 Å². The van der Waals surface area contributed by atoms with Crippen LogP contribution in [0.4, 0.5) is 5.69 Å². The lowest BCUT2D eigenvalue weighted by Crippen LogP contribution is -2.47. The van der Waals surface area contributed by atoms with Crippen molar-refractivity contribution in [1.82, 2.24) is 5.32 Å². The number of benzene rings is 2. The summed E-state index contributed by atoms with van der Waals surface area (Å²) in [7, 11) is -2.49. The molecular formula is C19H23ClN2O4S. The molecule has 8 heteroatoms. The zero-order valence-corrected chi connectivity index (χ0v) is 17.3. The predicted octanol–water partition coefficient (Wildman–Crippen LogP) is 3.46. The van der Waals surface area contributed by atoms with Crippen molar-refractivity contribution in [3.8, 4) is 5.75 Å². The van der Waals surface area contributed by atoms with Crippen LogP contribution < -0.4 is 14.4 Å². The molecule has 27 heavy (non-hydrogen) atoms. The summed E-state index contributed by atoms with van der Waals surface area (Å²) in [5, 5.41) is 3.15. The molecule has 0 aliphatic rings. The first kappa shape index (κ1) is 21.1. The second-order valence-electron chi connectivity index (χ2n) is 6.97. The molecule has 0 saturated heterocycles. The monoisotopic (exact) mass is 410 g/mol. The molecular weight excluding hydrogens is 388 g/mol. The van der Waals surface area contributed by atoms with Gasteiger partial charge in [0.2, 0.25) is 5.91 Å². The second kappa shape index (κ2) is 8.19. The Morgan fingerprint density at radius 1 is 1.15 bits per heavy atom. The number of nitrogens with zero attached hydrogens (tertiary/aromatic N) is 1. The minimum absolute atomic E-state index is 0.0480. The van der Waals surface area contributed by atoms with Crippen LogP contribution in [0, 0.1) is 0 Å². The van der Waals surface area contributed by atoms with Crippen molar-refractivity contribution in [2.45, 2.75) is 31.2 Å². The highest BCUT2D eigenvalue weighted by atomic mass is 35.5. The number of halogens is 1. The normalized spacial score (nSPS) is 11.7. The number of carbonyl (C=O) groups excluding carboxylic acids is 1. The summed E-state index contributed by atoms with van der Waals surface area (Å²) < 4.78 is 32.5. The fourth-order valence-corrected chi connectivity index (χ4v) is 4.01. The SMILES string of the molecule is COc1ccc(S(=O)(=O)N(CC(=O)NC(C)(C)C)c2cccc(Cl)c2)cc1. The highest BCUT2D eigenvalue weighted by molar-refractivity contribution is 7.92. The van der Waals surface area contributed by atoms with Crippen LogP contribution in [0.15, 0.2) is 53.4 Å². The lowest BCUT2D eigenvalue weighted by Gasteiger charge is -2.27. The Balaban J connectivity index is 2.45. The first-order valence-corrected chi connectivity index (χ1v) is 10.1. The van der Waals surface area contributed by atoms with Crippen LogP contribution in [-0.4, -0.2) is 33.5 Å². The predicted molar refractivity (Wildman–Crippen MR) is 107 cm³/mol. The number of amides is 1. The minimum Gasteiger partial charge on any atom is -0.497 e. The van der Waals surface area contributed by atoms with Crippen molar-refractivity contribution in [2.75, 3.05) is 18.0 Å². The van der Waals surface area contributed by atoms with E-state index in [1.165, 1.54) is 25.3 Å². The molecule has 1 N–H and O–H groups in total. The van der Waals surface area contributed by atoms with Gasteiger partial charge in [-0.25, -0.2) is 8.42 Å². The van der Waals surface area contributed by atoms with E-state index in [0.717, 1.165) is 4.31 Å². The summed E-state index contributed by atoms with van der Waals surface area (Å²) >= 11 is 6.03. The van der Waals surface area contributed by atoms with Crippen molar-refractivity contribution in [2.24, 2.45) is 0 Å². The van der Waals surface area contributed by atoms with Gasteiger partial charge in [0.15, 0.2) is 0 Å². The van der Waals surface area contributed by atoms with Gasteiger partial charge in [0.25, 0.3) is 10.0 Å². The second-order valence-corrected chi connectivity index (χ2v) is 9.26. The molecule has 0 heterocycles. The van der Waals surface area contributed by atoms with E-state index >= 15 is 0 Å². The van der Waals surface area contributed by atoms with E-state index in [-0.39, 0.29) is 11.4 Å². The van der Waals surface area contributed by atoms with Crippen LogP contribution in [-0.2, 0) is 14.8 Å². The number of anilines is 1. The fraction of sp³-hybridized carbons (Fsp3) is 0.316. The van der Waals surface area contributed by atoms with Crippen LogP contribution >= 0.6 is 11.6 Å². The molecule has 0 spiro atoms. The van der Waals surface area contributed by atoms with Crippen molar-refractivity contribution in [3.63, 3.8) is 0 Å². The van der Waals surface area contributed by atoms with Gasteiger partial charge < -0.3 is 10.1 Å². The van der Waals surface area contributed by atoms with Crippen LogP contribution in [0.5, 0.6) is 5.75 Å². The summed E-state index contributed by atoms with van der Waals surface area (Å²) in [6.45, 7) is 5.11. The molecule has 2 aromatic carbocycles. The minimum atomic E-state index is -3.99. The topological polar surface area (TPSA) is 75.7 Å². The summed E-state index contributed by atoms with van der Waals surface area (Å²) in [4.78, 5) is 12.5. The molecule has 1 amide bonds. The maximum Gasteiger partial charge on any atom is 0.264 e. The van der Waals surface area contributed by atoms with Crippen molar-refractivity contribution < 1.29 is 17.9 Å². The zero-order valence-electron chi connectivity index (χ0n) is 15.7. The maximum absolute atomic E-state index is 13.2.